The fraction of sp³-hybridized carbons (Fsp3) is 0.269. The predicted molar refractivity (Wildman–Crippen MR) is 237 cm³/mol. The van der Waals surface area contributed by atoms with Crippen molar-refractivity contribution in [3.63, 3.8) is 0 Å². The first-order valence-corrected chi connectivity index (χ1v) is 19.9. The van der Waals surface area contributed by atoms with Gasteiger partial charge in [-0.2, -0.15) is 0 Å². The molecule has 0 heterocycles. The molecule has 2 nitrogen and oxygen atoms in total. The van der Waals surface area contributed by atoms with Crippen molar-refractivity contribution in [3.05, 3.63) is 167 Å². The highest BCUT2D eigenvalue weighted by Gasteiger charge is 2.27. The molecular weight excluding hydrogens is 653 g/mol. The minimum atomic E-state index is 0.375. The molecule has 7 aromatic carbocycles. The molecule has 274 valence electrons. The van der Waals surface area contributed by atoms with Crippen molar-refractivity contribution in [1.82, 2.24) is 0 Å². The van der Waals surface area contributed by atoms with Gasteiger partial charge in [0.05, 0.1) is 11.4 Å². The molecule has 2 heteroatoms. The highest BCUT2D eigenvalue weighted by Crippen LogP contribution is 2.52. The van der Waals surface area contributed by atoms with Gasteiger partial charge in [0, 0.05) is 44.3 Å². The first-order valence-electron chi connectivity index (χ1n) is 19.9. The number of rotatable bonds is 10. The Morgan fingerprint density at radius 1 is 0.296 bits per heavy atom. The highest BCUT2D eigenvalue weighted by molar-refractivity contribution is 6.23. The average molecular weight is 709 g/mol. The molecule has 0 N–H and O–H groups in total. The number of anilines is 6. The third-order valence-electron chi connectivity index (χ3n) is 11.1. The zero-order valence-electron chi connectivity index (χ0n) is 33.9. The summed E-state index contributed by atoms with van der Waals surface area (Å²) in [5.74, 6) is 1.66. The lowest BCUT2D eigenvalue weighted by atomic mass is 9.90. The zero-order valence-corrected chi connectivity index (χ0v) is 33.9. The van der Waals surface area contributed by atoms with Crippen molar-refractivity contribution in [1.29, 1.82) is 0 Å². The van der Waals surface area contributed by atoms with Gasteiger partial charge in [-0.3, -0.25) is 0 Å². The van der Waals surface area contributed by atoms with Crippen LogP contribution in [0.5, 0.6) is 0 Å². The Balaban J connectivity index is 1.66. The van der Waals surface area contributed by atoms with Gasteiger partial charge in [-0.25, -0.2) is 0 Å². The van der Waals surface area contributed by atoms with E-state index in [4.69, 9.17) is 0 Å². The third-order valence-corrected chi connectivity index (χ3v) is 11.1. The molecule has 0 aliphatic rings. The van der Waals surface area contributed by atoms with Crippen molar-refractivity contribution < 1.29 is 0 Å². The van der Waals surface area contributed by atoms with E-state index in [0.717, 1.165) is 22.7 Å². The van der Waals surface area contributed by atoms with E-state index < -0.39 is 0 Å². The normalized spacial score (nSPS) is 11.8. The Morgan fingerprint density at radius 2 is 0.556 bits per heavy atom. The maximum absolute atomic E-state index is 2.50. The maximum atomic E-state index is 2.50. The molecule has 54 heavy (non-hydrogen) atoms. The van der Waals surface area contributed by atoms with Crippen molar-refractivity contribution in [2.75, 3.05) is 9.80 Å². The average Bonchev–Trinajstić information content (AvgIpc) is 3.17. The number of benzene rings is 7. The molecule has 0 amide bonds. The van der Waals surface area contributed by atoms with Gasteiger partial charge in [0.1, 0.15) is 0 Å². The fourth-order valence-electron chi connectivity index (χ4n) is 7.64. The van der Waals surface area contributed by atoms with E-state index in [9.17, 15) is 0 Å². The molecule has 7 aromatic rings. The van der Waals surface area contributed by atoms with Crippen molar-refractivity contribution >= 4 is 55.7 Å². The van der Waals surface area contributed by atoms with Gasteiger partial charge in [-0.15, -0.1) is 0 Å². The summed E-state index contributed by atoms with van der Waals surface area (Å²) in [5, 5.41) is 4.94. The van der Waals surface area contributed by atoms with Crippen molar-refractivity contribution in [2.45, 2.75) is 92.9 Å². The van der Waals surface area contributed by atoms with Gasteiger partial charge in [0.15, 0.2) is 0 Å². The molecule has 0 atom stereocenters. The van der Waals surface area contributed by atoms with Gasteiger partial charge < -0.3 is 9.80 Å². The second-order valence-corrected chi connectivity index (χ2v) is 16.5. The van der Waals surface area contributed by atoms with Crippen molar-refractivity contribution in [2.24, 2.45) is 0 Å². The second kappa shape index (κ2) is 15.2. The lowest BCUT2D eigenvalue weighted by Gasteiger charge is -2.33. The summed E-state index contributed by atoms with van der Waals surface area (Å²) >= 11 is 0. The lowest BCUT2D eigenvalue weighted by molar-refractivity contribution is 0.866. The summed E-state index contributed by atoms with van der Waals surface area (Å²) in [7, 11) is 0. The zero-order chi connectivity index (χ0) is 38.3. The van der Waals surface area contributed by atoms with Crippen LogP contribution in [0.25, 0.3) is 21.5 Å². The quantitative estimate of drug-likeness (QED) is 0.103. The molecule has 0 spiro atoms. The number of hydrogen-bond acceptors (Lipinski definition) is 2. The Kier molecular flexibility index (Phi) is 10.4. The molecule has 0 aliphatic carbocycles. The van der Waals surface area contributed by atoms with Gasteiger partial charge in [0.2, 0.25) is 0 Å². The molecule has 7 rings (SSSR count). The van der Waals surface area contributed by atoms with Crippen molar-refractivity contribution in [3.8, 4) is 0 Å². The molecule has 0 unspecified atom stereocenters. The molecule has 0 radical (unpaired) electrons. The molecule has 0 bridgehead atoms. The summed E-state index contributed by atoms with van der Waals surface area (Å²) in [6.45, 7) is 22.6. The van der Waals surface area contributed by atoms with Crippen LogP contribution in [0.3, 0.4) is 0 Å². The number of nitrogens with zero attached hydrogens (tertiary/aromatic N) is 2. The van der Waals surface area contributed by atoms with E-state index in [1.54, 1.807) is 0 Å². The monoisotopic (exact) mass is 708 g/mol. The van der Waals surface area contributed by atoms with Gasteiger partial charge >= 0.3 is 0 Å². The standard InChI is InChI=1S/C52H56N2/c1-33(2)39-15-25-45(26-16-39)53(43-21-11-37(9)12-22-43)51-47-29-19-42(36(7)8)32-50(47)52(48-30-20-41(35(5)6)31-49(48)51)54(44-23-13-38(10)14-24-44)46-27-17-40(18-28-46)34(3)4/h11-36H,1-10H3. The molecule has 0 aliphatic heterocycles. The maximum Gasteiger partial charge on any atom is 0.0620 e. The fourth-order valence-corrected chi connectivity index (χ4v) is 7.64. The third kappa shape index (κ3) is 7.15. The summed E-state index contributed by atoms with van der Waals surface area (Å²) in [6, 6.07) is 50.9. The molecule has 0 aromatic heterocycles. The Bertz CT molecular complexity index is 2210. The van der Waals surface area contributed by atoms with Gasteiger partial charge in [-0.05, 0) is 120 Å². The summed E-state index contributed by atoms with van der Waals surface area (Å²) in [5.41, 5.74) is 14.9. The summed E-state index contributed by atoms with van der Waals surface area (Å²) < 4.78 is 0. The molecule has 0 saturated heterocycles. The van der Waals surface area contributed by atoms with E-state index in [-0.39, 0.29) is 0 Å². The first kappa shape index (κ1) is 37.0. The largest absolute Gasteiger partial charge is 0.309 e. The van der Waals surface area contributed by atoms with Crippen LogP contribution in [0.4, 0.5) is 34.1 Å². The van der Waals surface area contributed by atoms with Gasteiger partial charge in [0.25, 0.3) is 0 Å². The van der Waals surface area contributed by atoms with Crippen LogP contribution in [0.2, 0.25) is 0 Å². The first-order chi connectivity index (χ1) is 25.9. The Labute approximate surface area is 324 Å². The predicted octanol–water partition coefficient (Wildman–Crippen LogP) is 16.0. The van der Waals surface area contributed by atoms with Crippen LogP contribution in [-0.4, -0.2) is 0 Å². The van der Waals surface area contributed by atoms with Crippen LogP contribution in [0.1, 0.15) is 112 Å². The van der Waals surface area contributed by atoms with E-state index in [1.807, 2.05) is 0 Å². The van der Waals surface area contributed by atoms with Gasteiger partial charge in [-0.1, -0.05) is 139 Å². The summed E-state index contributed by atoms with van der Waals surface area (Å²) in [6.07, 6.45) is 0. The number of aryl methyl sites for hydroxylation is 2. The SMILES string of the molecule is Cc1ccc(N(c2ccc(C(C)C)cc2)c2c3ccc(C(C)C)cc3c(N(c3ccc(C)cc3)c3ccc(C(C)C)cc3)c3ccc(C(C)C)cc23)cc1. The summed E-state index contributed by atoms with van der Waals surface area (Å²) in [4.78, 5) is 5.01. The highest BCUT2D eigenvalue weighted by atomic mass is 15.2. The van der Waals surface area contributed by atoms with E-state index in [1.165, 1.54) is 66.3 Å². The number of hydrogen-bond donors (Lipinski definition) is 0. The van der Waals surface area contributed by atoms with E-state index >= 15 is 0 Å². The molecule has 0 fully saturated rings. The van der Waals surface area contributed by atoms with Crippen LogP contribution < -0.4 is 9.80 Å². The lowest BCUT2D eigenvalue weighted by Crippen LogP contribution is -2.15. The number of fused-ring (bicyclic) bond motifs is 2. The molecule has 0 saturated carbocycles. The molecular formula is C52H56N2. The van der Waals surface area contributed by atoms with Crippen LogP contribution >= 0.6 is 0 Å². The van der Waals surface area contributed by atoms with E-state index in [2.05, 4.69) is 212 Å². The minimum absolute atomic E-state index is 0.375. The second-order valence-electron chi connectivity index (χ2n) is 16.5. The van der Waals surface area contributed by atoms with Crippen LogP contribution in [0.15, 0.2) is 133 Å². The van der Waals surface area contributed by atoms with Crippen LogP contribution in [0, 0.1) is 13.8 Å². The van der Waals surface area contributed by atoms with E-state index in [0.29, 0.717) is 23.7 Å². The minimum Gasteiger partial charge on any atom is -0.309 e. The van der Waals surface area contributed by atoms with Crippen LogP contribution in [-0.2, 0) is 0 Å². The Hall–Kier alpha value is -5.34. The topological polar surface area (TPSA) is 6.48 Å². The smallest absolute Gasteiger partial charge is 0.0620 e. The Morgan fingerprint density at radius 3 is 0.833 bits per heavy atom.